The summed E-state index contributed by atoms with van der Waals surface area (Å²) in [6.45, 7) is 9.61. The number of hydrogen-bond donors (Lipinski definition) is 0. The Kier molecular flexibility index (Phi) is 7.86. The molecule has 1 aromatic carbocycles. The Morgan fingerprint density at radius 2 is 1.18 bits per heavy atom. The van der Waals surface area contributed by atoms with E-state index in [9.17, 15) is 0 Å². The summed E-state index contributed by atoms with van der Waals surface area (Å²) < 4.78 is 0. The molecule has 0 aliphatic heterocycles. The molecule has 0 bridgehead atoms. The maximum absolute atomic E-state index is 2.40. The summed E-state index contributed by atoms with van der Waals surface area (Å²) in [5.74, 6) is 0. The largest absolute Gasteiger partial charge is 0.113 e. The molecule has 0 nitrogen and oxygen atoms in total. The molecule has 0 radical (unpaired) electrons. The third-order valence-electron chi connectivity index (χ3n) is 2.76. The zero-order valence-electron chi connectivity index (χ0n) is 11.6. The molecule has 0 N–H and O–H groups in total. The molecule has 0 spiro atoms. The summed E-state index contributed by atoms with van der Waals surface area (Å²) in [6.07, 6.45) is 5.78. The standard InChI is InChI=1S/C14H25P3/c1-15(2)10-12-17(13-11-16(3)4)14-8-6-5-7-9-14/h5-9H,10-13H2,1-4H3. The van der Waals surface area contributed by atoms with E-state index >= 15 is 0 Å². The first-order chi connectivity index (χ1) is 8.09. The summed E-state index contributed by atoms with van der Waals surface area (Å²) in [5, 5.41) is 1.62. The molecular weight excluding hydrogens is 261 g/mol. The summed E-state index contributed by atoms with van der Waals surface area (Å²) >= 11 is 0. The van der Waals surface area contributed by atoms with Gasteiger partial charge in [0.25, 0.3) is 0 Å². The van der Waals surface area contributed by atoms with Gasteiger partial charge in [-0.25, -0.2) is 0 Å². The Hall–Kier alpha value is 0.510. The minimum Gasteiger partial charge on any atom is -0.113 e. The molecule has 96 valence electrons. The van der Waals surface area contributed by atoms with Crippen molar-refractivity contribution < 1.29 is 0 Å². The van der Waals surface area contributed by atoms with Crippen molar-refractivity contribution >= 4 is 29.1 Å². The predicted octanol–water partition coefficient (Wildman–Crippen LogP) is 4.28. The molecule has 0 fully saturated rings. The Labute approximate surface area is 111 Å². The van der Waals surface area contributed by atoms with E-state index in [0.29, 0.717) is 0 Å². The third-order valence-corrected chi connectivity index (χ3v) is 8.25. The van der Waals surface area contributed by atoms with Crippen molar-refractivity contribution in [3.8, 4) is 0 Å². The highest BCUT2D eigenvalue weighted by Crippen LogP contribution is 2.41. The zero-order chi connectivity index (χ0) is 12.7. The van der Waals surface area contributed by atoms with Crippen LogP contribution in [0.3, 0.4) is 0 Å². The van der Waals surface area contributed by atoms with Gasteiger partial charge in [-0.05, 0) is 56.6 Å². The van der Waals surface area contributed by atoms with Crippen LogP contribution < -0.4 is 5.30 Å². The number of rotatable bonds is 7. The van der Waals surface area contributed by atoms with Crippen LogP contribution in [0.5, 0.6) is 0 Å². The smallest absolute Gasteiger partial charge is 0.0240 e. The average molecular weight is 286 g/mol. The van der Waals surface area contributed by atoms with Gasteiger partial charge in [-0.2, -0.15) is 0 Å². The first kappa shape index (κ1) is 15.6. The maximum Gasteiger partial charge on any atom is -0.0240 e. The number of benzene rings is 1. The Morgan fingerprint density at radius 3 is 1.59 bits per heavy atom. The Morgan fingerprint density at radius 1 is 0.706 bits per heavy atom. The van der Waals surface area contributed by atoms with E-state index in [-0.39, 0.29) is 23.8 Å². The van der Waals surface area contributed by atoms with Crippen molar-refractivity contribution in [2.45, 2.75) is 0 Å². The summed E-state index contributed by atoms with van der Waals surface area (Å²) in [5.41, 5.74) is 0. The SMILES string of the molecule is CP(C)CCP(CCP(C)C)c1ccccc1. The third kappa shape index (κ3) is 6.86. The zero-order valence-corrected chi connectivity index (χ0v) is 14.2. The molecule has 0 aliphatic carbocycles. The van der Waals surface area contributed by atoms with E-state index in [2.05, 4.69) is 57.0 Å². The second-order valence-electron chi connectivity index (χ2n) is 4.93. The molecular formula is C14H25P3. The highest BCUT2D eigenvalue weighted by Gasteiger charge is 2.11. The van der Waals surface area contributed by atoms with E-state index in [4.69, 9.17) is 0 Å². The van der Waals surface area contributed by atoms with Gasteiger partial charge in [0.2, 0.25) is 0 Å². The quantitative estimate of drug-likeness (QED) is 0.656. The average Bonchev–Trinajstić information content (AvgIpc) is 2.29. The van der Waals surface area contributed by atoms with E-state index in [1.54, 1.807) is 5.30 Å². The van der Waals surface area contributed by atoms with E-state index < -0.39 is 0 Å². The molecule has 1 rings (SSSR count). The molecule has 0 heterocycles. The molecule has 17 heavy (non-hydrogen) atoms. The van der Waals surface area contributed by atoms with Crippen LogP contribution in [0.2, 0.25) is 0 Å². The molecule has 0 saturated heterocycles. The van der Waals surface area contributed by atoms with Crippen molar-refractivity contribution in [3.63, 3.8) is 0 Å². The molecule has 3 heteroatoms. The maximum atomic E-state index is 2.40. The Bertz CT molecular complexity index is 284. The van der Waals surface area contributed by atoms with Crippen LogP contribution in [-0.2, 0) is 0 Å². The molecule has 0 amide bonds. The van der Waals surface area contributed by atoms with E-state index in [1.165, 1.54) is 24.6 Å². The fourth-order valence-electron chi connectivity index (χ4n) is 1.65. The monoisotopic (exact) mass is 286 g/mol. The lowest BCUT2D eigenvalue weighted by Gasteiger charge is -2.20. The van der Waals surface area contributed by atoms with Crippen molar-refractivity contribution in [2.24, 2.45) is 0 Å². The van der Waals surface area contributed by atoms with E-state index in [1.807, 2.05) is 0 Å². The lowest BCUT2D eigenvalue weighted by molar-refractivity contribution is 1.42. The molecule has 0 atom stereocenters. The first-order valence-corrected chi connectivity index (χ1v) is 12.7. The van der Waals surface area contributed by atoms with Crippen LogP contribution in [0.25, 0.3) is 0 Å². The minimum absolute atomic E-state index is 0.112. The van der Waals surface area contributed by atoms with Gasteiger partial charge < -0.3 is 0 Å². The van der Waals surface area contributed by atoms with Gasteiger partial charge in [0.05, 0.1) is 0 Å². The van der Waals surface area contributed by atoms with Crippen molar-refractivity contribution in [3.05, 3.63) is 30.3 Å². The van der Waals surface area contributed by atoms with Gasteiger partial charge in [0.1, 0.15) is 0 Å². The van der Waals surface area contributed by atoms with Crippen molar-refractivity contribution in [1.82, 2.24) is 0 Å². The van der Waals surface area contributed by atoms with Gasteiger partial charge in [0, 0.05) is 0 Å². The van der Waals surface area contributed by atoms with Gasteiger partial charge in [0.15, 0.2) is 0 Å². The lowest BCUT2D eigenvalue weighted by atomic mass is 10.4. The minimum atomic E-state index is 0.112. The second kappa shape index (κ2) is 8.58. The first-order valence-electron chi connectivity index (χ1n) is 6.19. The fourth-order valence-corrected chi connectivity index (χ4v) is 8.12. The summed E-state index contributed by atoms with van der Waals surface area (Å²) in [6, 6.07) is 11.2. The highest BCUT2D eigenvalue weighted by atomic mass is 31.1. The van der Waals surface area contributed by atoms with Gasteiger partial charge in [-0.1, -0.05) is 38.3 Å². The molecule has 0 aromatic heterocycles. The van der Waals surface area contributed by atoms with Crippen molar-refractivity contribution in [2.75, 3.05) is 51.3 Å². The van der Waals surface area contributed by atoms with Crippen LogP contribution in [0.4, 0.5) is 0 Å². The summed E-state index contributed by atoms with van der Waals surface area (Å²) in [4.78, 5) is 0. The van der Waals surface area contributed by atoms with Gasteiger partial charge >= 0.3 is 0 Å². The normalized spacial score (nSPS) is 11.7. The predicted molar refractivity (Wildman–Crippen MR) is 90.0 cm³/mol. The van der Waals surface area contributed by atoms with Crippen LogP contribution >= 0.6 is 23.8 Å². The molecule has 0 saturated carbocycles. The topological polar surface area (TPSA) is 0 Å². The lowest BCUT2D eigenvalue weighted by Crippen LogP contribution is -2.09. The highest BCUT2D eigenvalue weighted by molar-refractivity contribution is 7.68. The van der Waals surface area contributed by atoms with Crippen molar-refractivity contribution in [1.29, 1.82) is 0 Å². The Balaban J connectivity index is 2.58. The fraction of sp³-hybridized carbons (Fsp3) is 0.571. The molecule has 0 aliphatic rings. The van der Waals surface area contributed by atoms with E-state index in [0.717, 1.165) is 0 Å². The van der Waals surface area contributed by atoms with Crippen LogP contribution in [0, 0.1) is 0 Å². The van der Waals surface area contributed by atoms with Crippen LogP contribution in [-0.4, -0.2) is 51.3 Å². The molecule has 1 aromatic rings. The number of hydrogen-bond acceptors (Lipinski definition) is 0. The summed E-state index contributed by atoms with van der Waals surface area (Å²) in [7, 11) is 0.656. The second-order valence-corrected chi connectivity index (χ2v) is 12.6. The van der Waals surface area contributed by atoms with Crippen LogP contribution in [0.15, 0.2) is 30.3 Å². The van der Waals surface area contributed by atoms with Gasteiger partial charge in [-0.3, -0.25) is 0 Å². The molecule has 0 unspecified atom stereocenters. The van der Waals surface area contributed by atoms with Gasteiger partial charge in [-0.15, -0.1) is 15.8 Å². The van der Waals surface area contributed by atoms with Crippen LogP contribution in [0.1, 0.15) is 0 Å².